The predicted octanol–water partition coefficient (Wildman–Crippen LogP) is 4.33. The van der Waals surface area contributed by atoms with Gasteiger partial charge in [0.05, 0.1) is 31.5 Å². The van der Waals surface area contributed by atoms with Gasteiger partial charge in [-0.3, -0.25) is 4.79 Å². The van der Waals surface area contributed by atoms with Crippen molar-refractivity contribution in [1.82, 2.24) is 10.3 Å². The second kappa shape index (κ2) is 8.90. The van der Waals surface area contributed by atoms with Crippen LogP contribution < -0.4 is 20.1 Å². The number of carbonyl (C=O) groups excluding carboxylic acids is 1. The molecule has 1 unspecified atom stereocenters. The van der Waals surface area contributed by atoms with Gasteiger partial charge in [0.15, 0.2) is 0 Å². The van der Waals surface area contributed by atoms with Crippen molar-refractivity contribution in [2.75, 3.05) is 19.5 Å². The van der Waals surface area contributed by atoms with Crippen molar-refractivity contribution in [3.8, 4) is 11.5 Å². The van der Waals surface area contributed by atoms with E-state index in [0.717, 1.165) is 11.3 Å². The van der Waals surface area contributed by atoms with Gasteiger partial charge < -0.3 is 20.1 Å². The molecule has 144 valence electrons. The first-order valence-corrected chi connectivity index (χ1v) is 8.91. The van der Waals surface area contributed by atoms with Crippen LogP contribution in [-0.4, -0.2) is 25.1 Å². The first kappa shape index (κ1) is 19.2. The Bertz CT molecular complexity index is 928. The van der Waals surface area contributed by atoms with E-state index < -0.39 is 0 Å². The van der Waals surface area contributed by atoms with Crippen molar-refractivity contribution in [3.05, 3.63) is 78.0 Å². The van der Waals surface area contributed by atoms with Crippen molar-refractivity contribution in [2.45, 2.75) is 13.0 Å². The zero-order chi connectivity index (χ0) is 19.9. The number of amides is 1. The fourth-order valence-electron chi connectivity index (χ4n) is 2.75. The molecule has 0 saturated heterocycles. The Hall–Kier alpha value is -3.54. The molecule has 0 saturated carbocycles. The Labute approximate surface area is 164 Å². The Morgan fingerprint density at radius 2 is 1.79 bits per heavy atom. The summed E-state index contributed by atoms with van der Waals surface area (Å²) in [5.41, 5.74) is 2.30. The van der Waals surface area contributed by atoms with Crippen LogP contribution >= 0.6 is 0 Å². The minimum atomic E-state index is -0.169. The summed E-state index contributed by atoms with van der Waals surface area (Å²) in [6, 6.07) is 18.7. The van der Waals surface area contributed by atoms with Crippen LogP contribution in [0.5, 0.6) is 11.5 Å². The van der Waals surface area contributed by atoms with E-state index in [1.807, 2.05) is 49.4 Å². The fraction of sp³-hybridized carbons (Fsp3) is 0.182. The summed E-state index contributed by atoms with van der Waals surface area (Å²) in [5, 5.41) is 6.16. The lowest BCUT2D eigenvalue weighted by molar-refractivity contribution is 0.0939. The number of nitrogens with zero attached hydrogens (tertiary/aromatic N) is 1. The number of aromatic nitrogens is 1. The Morgan fingerprint density at radius 1 is 1.00 bits per heavy atom. The number of benzene rings is 2. The smallest absolute Gasteiger partial charge is 0.253 e. The molecule has 1 atom stereocenters. The third-order valence-corrected chi connectivity index (χ3v) is 4.34. The fourth-order valence-corrected chi connectivity index (χ4v) is 2.75. The number of anilines is 2. The maximum Gasteiger partial charge on any atom is 0.253 e. The molecule has 2 aromatic carbocycles. The van der Waals surface area contributed by atoms with Crippen LogP contribution in [-0.2, 0) is 0 Å². The summed E-state index contributed by atoms with van der Waals surface area (Å²) >= 11 is 0. The highest BCUT2D eigenvalue weighted by Gasteiger charge is 2.12. The van der Waals surface area contributed by atoms with Gasteiger partial charge in [0.2, 0.25) is 0 Å². The summed E-state index contributed by atoms with van der Waals surface area (Å²) in [4.78, 5) is 16.8. The molecule has 0 aliphatic rings. The first-order chi connectivity index (χ1) is 13.6. The highest BCUT2D eigenvalue weighted by atomic mass is 16.5. The molecule has 0 aliphatic heterocycles. The normalized spacial score (nSPS) is 11.4. The van der Waals surface area contributed by atoms with Gasteiger partial charge in [-0.15, -0.1) is 0 Å². The second-order valence-corrected chi connectivity index (χ2v) is 6.23. The molecule has 0 radical (unpaired) electrons. The van der Waals surface area contributed by atoms with E-state index in [0.29, 0.717) is 22.9 Å². The van der Waals surface area contributed by atoms with Crippen LogP contribution in [0.1, 0.15) is 28.9 Å². The third kappa shape index (κ3) is 4.59. The van der Waals surface area contributed by atoms with Gasteiger partial charge in [-0.1, -0.05) is 30.3 Å². The van der Waals surface area contributed by atoms with Gasteiger partial charge >= 0.3 is 0 Å². The molecular formula is C22H23N3O3. The number of ether oxygens (including phenoxy) is 2. The van der Waals surface area contributed by atoms with Gasteiger partial charge in [-0.2, -0.15) is 0 Å². The van der Waals surface area contributed by atoms with Crippen LogP contribution in [0.3, 0.4) is 0 Å². The summed E-state index contributed by atoms with van der Waals surface area (Å²) in [7, 11) is 3.20. The van der Waals surface area contributed by atoms with Gasteiger partial charge in [-0.05, 0) is 36.8 Å². The number of pyridine rings is 1. The van der Waals surface area contributed by atoms with Crippen LogP contribution in [0.4, 0.5) is 11.5 Å². The minimum Gasteiger partial charge on any atom is -0.497 e. The number of methoxy groups -OCH3 is 2. The Balaban J connectivity index is 1.67. The zero-order valence-corrected chi connectivity index (χ0v) is 16.1. The molecule has 1 heterocycles. The van der Waals surface area contributed by atoms with E-state index in [1.165, 1.54) is 0 Å². The second-order valence-electron chi connectivity index (χ2n) is 6.23. The van der Waals surface area contributed by atoms with E-state index >= 15 is 0 Å². The summed E-state index contributed by atoms with van der Waals surface area (Å²) in [6.45, 7) is 1.95. The van der Waals surface area contributed by atoms with Crippen LogP contribution in [0.25, 0.3) is 0 Å². The number of hydrogen-bond acceptors (Lipinski definition) is 5. The van der Waals surface area contributed by atoms with Crippen molar-refractivity contribution >= 4 is 17.4 Å². The SMILES string of the molecule is COc1ccc(Nc2ccc(C(=O)NC(C)c3ccccc3)cn2)c(OC)c1. The first-order valence-electron chi connectivity index (χ1n) is 8.91. The van der Waals surface area contributed by atoms with Crippen molar-refractivity contribution in [3.63, 3.8) is 0 Å². The Kier molecular flexibility index (Phi) is 6.11. The van der Waals surface area contributed by atoms with Crippen LogP contribution in [0.15, 0.2) is 66.9 Å². The van der Waals surface area contributed by atoms with E-state index in [-0.39, 0.29) is 11.9 Å². The maximum absolute atomic E-state index is 12.5. The number of rotatable bonds is 7. The van der Waals surface area contributed by atoms with Gasteiger partial charge in [0.25, 0.3) is 5.91 Å². The number of hydrogen-bond donors (Lipinski definition) is 2. The molecular weight excluding hydrogens is 354 g/mol. The average Bonchev–Trinajstić information content (AvgIpc) is 2.75. The lowest BCUT2D eigenvalue weighted by Gasteiger charge is -2.15. The largest absolute Gasteiger partial charge is 0.497 e. The quantitative estimate of drug-likeness (QED) is 0.641. The van der Waals surface area contributed by atoms with Gasteiger partial charge in [-0.25, -0.2) is 4.98 Å². The Morgan fingerprint density at radius 3 is 2.43 bits per heavy atom. The molecule has 6 nitrogen and oxygen atoms in total. The monoisotopic (exact) mass is 377 g/mol. The van der Waals surface area contributed by atoms with E-state index in [1.54, 1.807) is 38.6 Å². The van der Waals surface area contributed by atoms with E-state index in [4.69, 9.17) is 9.47 Å². The lowest BCUT2D eigenvalue weighted by Crippen LogP contribution is -2.26. The third-order valence-electron chi connectivity index (χ3n) is 4.34. The summed E-state index contributed by atoms with van der Waals surface area (Å²) in [5.74, 6) is 1.78. The molecule has 0 fully saturated rings. The lowest BCUT2D eigenvalue weighted by atomic mass is 10.1. The highest BCUT2D eigenvalue weighted by molar-refractivity contribution is 5.94. The summed E-state index contributed by atoms with van der Waals surface area (Å²) in [6.07, 6.45) is 1.55. The molecule has 1 amide bonds. The van der Waals surface area contributed by atoms with E-state index in [2.05, 4.69) is 15.6 Å². The van der Waals surface area contributed by atoms with Crippen molar-refractivity contribution in [2.24, 2.45) is 0 Å². The van der Waals surface area contributed by atoms with Crippen molar-refractivity contribution in [1.29, 1.82) is 0 Å². The molecule has 0 aliphatic carbocycles. The molecule has 1 aromatic heterocycles. The zero-order valence-electron chi connectivity index (χ0n) is 16.1. The molecule has 3 aromatic rings. The number of nitrogens with one attached hydrogen (secondary N) is 2. The van der Waals surface area contributed by atoms with E-state index in [9.17, 15) is 4.79 Å². The maximum atomic E-state index is 12.5. The molecule has 28 heavy (non-hydrogen) atoms. The van der Waals surface area contributed by atoms with Crippen LogP contribution in [0, 0.1) is 0 Å². The van der Waals surface area contributed by atoms with Crippen LogP contribution in [0.2, 0.25) is 0 Å². The van der Waals surface area contributed by atoms with Crippen molar-refractivity contribution < 1.29 is 14.3 Å². The molecule has 0 bridgehead atoms. The minimum absolute atomic E-state index is 0.0879. The predicted molar refractivity (Wildman–Crippen MR) is 109 cm³/mol. The molecule has 6 heteroatoms. The molecule has 2 N–H and O–H groups in total. The highest BCUT2D eigenvalue weighted by Crippen LogP contribution is 2.30. The summed E-state index contributed by atoms with van der Waals surface area (Å²) < 4.78 is 10.6. The molecule has 0 spiro atoms. The average molecular weight is 377 g/mol. The topological polar surface area (TPSA) is 72.5 Å². The molecule has 3 rings (SSSR count). The van der Waals surface area contributed by atoms with Gasteiger partial charge in [0, 0.05) is 12.3 Å². The van der Waals surface area contributed by atoms with Gasteiger partial charge in [0.1, 0.15) is 17.3 Å². The standard InChI is InChI=1S/C22H23N3O3/c1-15(16-7-5-4-6-8-16)24-22(26)17-9-12-21(23-14-17)25-19-11-10-18(27-2)13-20(19)28-3/h4-15H,1-3H3,(H,23,25)(H,24,26). The number of carbonyl (C=O) groups is 1.